The van der Waals surface area contributed by atoms with Crippen LogP contribution in [0.25, 0.3) is 0 Å². The first-order valence-corrected chi connectivity index (χ1v) is 6.81. The molecule has 1 amide bonds. The number of nitrogens with one attached hydrogen (secondary N) is 1. The van der Waals surface area contributed by atoms with Crippen LogP contribution in [0, 0.1) is 0 Å². The first-order chi connectivity index (χ1) is 8.11. The molecule has 3 nitrogen and oxygen atoms in total. The Hall–Kier alpha value is -1.00. The third kappa shape index (κ3) is 2.64. The molecule has 1 aliphatic rings. The molecule has 1 heterocycles. The molecule has 1 aromatic carbocycles. The van der Waals surface area contributed by atoms with Crippen LogP contribution in [-0.4, -0.2) is 17.7 Å². The van der Waals surface area contributed by atoms with Gasteiger partial charge in [-0.2, -0.15) is 0 Å². The van der Waals surface area contributed by atoms with Crippen LogP contribution in [0.2, 0.25) is 0 Å². The molecule has 1 aromatic rings. The molecule has 0 spiro atoms. The van der Waals surface area contributed by atoms with Gasteiger partial charge < -0.3 is 11.1 Å². The molecule has 0 fully saturated rings. The van der Waals surface area contributed by atoms with Crippen molar-refractivity contribution in [1.29, 1.82) is 0 Å². The summed E-state index contributed by atoms with van der Waals surface area (Å²) >= 11 is 1.63. The van der Waals surface area contributed by atoms with Crippen LogP contribution in [0.3, 0.4) is 0 Å². The highest BCUT2D eigenvalue weighted by molar-refractivity contribution is 8.00. The number of hydrogen-bond acceptors (Lipinski definition) is 3. The first kappa shape index (κ1) is 12.5. The van der Waals surface area contributed by atoms with Crippen LogP contribution in [0.5, 0.6) is 0 Å². The van der Waals surface area contributed by atoms with Gasteiger partial charge in [-0.3, -0.25) is 4.79 Å². The number of anilines is 1. The van der Waals surface area contributed by atoms with Gasteiger partial charge >= 0.3 is 0 Å². The smallest absolute Gasteiger partial charge is 0.237 e. The second-order valence-electron chi connectivity index (χ2n) is 4.48. The van der Waals surface area contributed by atoms with Crippen molar-refractivity contribution in [1.82, 2.24) is 0 Å². The van der Waals surface area contributed by atoms with E-state index in [1.165, 1.54) is 10.5 Å². The molecular weight excluding hydrogens is 232 g/mol. The molecule has 0 aliphatic carbocycles. The quantitative estimate of drug-likeness (QED) is 0.867. The van der Waals surface area contributed by atoms with Gasteiger partial charge in [0, 0.05) is 4.90 Å². The van der Waals surface area contributed by atoms with E-state index < -0.39 is 0 Å². The molecule has 3 N–H and O–H groups in total. The average Bonchev–Trinajstić information content (AvgIpc) is 2.30. The van der Waals surface area contributed by atoms with Gasteiger partial charge in [-0.1, -0.05) is 13.0 Å². The molecule has 0 saturated heterocycles. The lowest BCUT2D eigenvalue weighted by atomic mass is 9.97. The molecule has 1 aliphatic heterocycles. The summed E-state index contributed by atoms with van der Waals surface area (Å²) in [5.41, 5.74) is 7.81. The van der Waals surface area contributed by atoms with Gasteiger partial charge in [0.15, 0.2) is 0 Å². The lowest BCUT2D eigenvalue weighted by molar-refractivity contribution is -0.115. The number of thioether (sulfide) groups is 1. The van der Waals surface area contributed by atoms with Gasteiger partial charge in [0.1, 0.15) is 0 Å². The van der Waals surface area contributed by atoms with E-state index in [0.717, 1.165) is 12.1 Å². The van der Waals surface area contributed by atoms with E-state index in [0.29, 0.717) is 12.5 Å². The Kier molecular flexibility index (Phi) is 3.74. The summed E-state index contributed by atoms with van der Waals surface area (Å²) in [7, 11) is 0. The number of carbonyl (C=O) groups excluding carboxylic acids is 1. The number of rotatable bonds is 3. The topological polar surface area (TPSA) is 55.1 Å². The van der Waals surface area contributed by atoms with E-state index in [4.69, 9.17) is 5.73 Å². The third-order valence-corrected chi connectivity index (χ3v) is 4.26. The van der Waals surface area contributed by atoms with Gasteiger partial charge in [-0.25, -0.2) is 0 Å². The standard InChI is InChI=1S/C13H18N2OS/c1-8(5-6-14)10-3-4-11-12(7-10)17-9(2)13(16)15-11/h3-4,7-9H,5-6,14H2,1-2H3,(H,15,16). The highest BCUT2D eigenvalue weighted by atomic mass is 32.2. The minimum atomic E-state index is -0.0115. The van der Waals surface area contributed by atoms with Crippen LogP contribution in [0.1, 0.15) is 31.7 Å². The Bertz CT molecular complexity index is 433. The predicted octanol–water partition coefficient (Wildman–Crippen LogP) is 2.57. The number of carbonyl (C=O) groups is 1. The second-order valence-corrected chi connectivity index (χ2v) is 5.87. The predicted molar refractivity (Wildman–Crippen MR) is 72.5 cm³/mol. The fourth-order valence-corrected chi connectivity index (χ4v) is 2.94. The van der Waals surface area contributed by atoms with Gasteiger partial charge in [-0.05, 0) is 43.5 Å². The van der Waals surface area contributed by atoms with E-state index >= 15 is 0 Å². The fourth-order valence-electron chi connectivity index (χ4n) is 1.94. The lowest BCUT2D eigenvalue weighted by Gasteiger charge is -2.23. The van der Waals surface area contributed by atoms with E-state index in [-0.39, 0.29) is 11.2 Å². The number of benzene rings is 1. The van der Waals surface area contributed by atoms with Crippen LogP contribution < -0.4 is 11.1 Å². The molecule has 0 aromatic heterocycles. The van der Waals surface area contributed by atoms with Gasteiger partial charge in [0.25, 0.3) is 0 Å². The Labute approximate surface area is 106 Å². The van der Waals surface area contributed by atoms with Crippen molar-refractivity contribution in [3.05, 3.63) is 23.8 Å². The van der Waals surface area contributed by atoms with Crippen molar-refractivity contribution < 1.29 is 4.79 Å². The summed E-state index contributed by atoms with van der Waals surface area (Å²) in [5, 5.41) is 2.91. The minimum Gasteiger partial charge on any atom is -0.330 e. The molecule has 17 heavy (non-hydrogen) atoms. The van der Waals surface area contributed by atoms with Crippen LogP contribution >= 0.6 is 11.8 Å². The molecule has 0 saturated carbocycles. The van der Waals surface area contributed by atoms with Gasteiger partial charge in [0.2, 0.25) is 5.91 Å². The molecule has 2 unspecified atom stereocenters. The highest BCUT2D eigenvalue weighted by Crippen LogP contribution is 2.37. The Morgan fingerprint density at radius 3 is 3.00 bits per heavy atom. The summed E-state index contributed by atoms with van der Waals surface area (Å²) in [4.78, 5) is 12.7. The molecule has 2 atom stereocenters. The zero-order chi connectivity index (χ0) is 12.4. The number of fused-ring (bicyclic) bond motifs is 1. The largest absolute Gasteiger partial charge is 0.330 e. The average molecular weight is 250 g/mol. The van der Waals surface area contributed by atoms with Crippen LogP contribution in [0.4, 0.5) is 5.69 Å². The Morgan fingerprint density at radius 2 is 2.29 bits per heavy atom. The maximum Gasteiger partial charge on any atom is 0.237 e. The number of amides is 1. The molecular formula is C13H18N2OS. The number of nitrogens with two attached hydrogens (primary N) is 1. The van der Waals surface area contributed by atoms with Crippen molar-refractivity contribution in [2.24, 2.45) is 5.73 Å². The molecule has 92 valence electrons. The summed E-state index contributed by atoms with van der Waals surface area (Å²) in [5.74, 6) is 0.559. The zero-order valence-electron chi connectivity index (χ0n) is 10.2. The van der Waals surface area contributed by atoms with Gasteiger partial charge in [-0.15, -0.1) is 11.8 Å². The van der Waals surface area contributed by atoms with Gasteiger partial charge in [0.05, 0.1) is 10.9 Å². The minimum absolute atomic E-state index is 0.0115. The number of hydrogen-bond donors (Lipinski definition) is 2. The normalized spacial score (nSPS) is 20.6. The molecule has 4 heteroatoms. The maximum absolute atomic E-state index is 11.5. The summed E-state index contributed by atoms with van der Waals surface area (Å²) < 4.78 is 0. The van der Waals surface area contributed by atoms with E-state index in [1.807, 2.05) is 13.0 Å². The van der Waals surface area contributed by atoms with Crippen LogP contribution in [0.15, 0.2) is 23.1 Å². The van der Waals surface area contributed by atoms with Crippen molar-refractivity contribution >= 4 is 23.4 Å². The van der Waals surface area contributed by atoms with Crippen molar-refractivity contribution in [3.63, 3.8) is 0 Å². The Morgan fingerprint density at radius 1 is 1.53 bits per heavy atom. The highest BCUT2D eigenvalue weighted by Gasteiger charge is 2.23. The van der Waals surface area contributed by atoms with E-state index in [2.05, 4.69) is 24.4 Å². The molecule has 0 bridgehead atoms. The lowest BCUT2D eigenvalue weighted by Crippen LogP contribution is -2.26. The zero-order valence-corrected chi connectivity index (χ0v) is 11.0. The first-order valence-electron chi connectivity index (χ1n) is 5.93. The Balaban J connectivity index is 2.25. The van der Waals surface area contributed by atoms with Crippen molar-refractivity contribution in [2.75, 3.05) is 11.9 Å². The summed E-state index contributed by atoms with van der Waals surface area (Å²) in [6.07, 6.45) is 0.991. The molecule has 0 radical (unpaired) electrons. The summed E-state index contributed by atoms with van der Waals surface area (Å²) in [6.45, 7) is 4.82. The maximum atomic E-state index is 11.5. The van der Waals surface area contributed by atoms with Crippen molar-refractivity contribution in [2.45, 2.75) is 36.3 Å². The fraction of sp³-hybridized carbons (Fsp3) is 0.462. The monoisotopic (exact) mass is 250 g/mol. The second kappa shape index (κ2) is 5.10. The van der Waals surface area contributed by atoms with Crippen molar-refractivity contribution in [3.8, 4) is 0 Å². The van der Waals surface area contributed by atoms with E-state index in [9.17, 15) is 4.79 Å². The molecule has 2 rings (SSSR count). The SMILES string of the molecule is CC1Sc2cc(C(C)CCN)ccc2NC1=O. The van der Waals surface area contributed by atoms with Crippen LogP contribution in [-0.2, 0) is 4.79 Å². The van der Waals surface area contributed by atoms with E-state index in [1.54, 1.807) is 11.8 Å². The summed E-state index contributed by atoms with van der Waals surface area (Å²) in [6, 6.07) is 6.25. The third-order valence-electron chi connectivity index (χ3n) is 3.11.